The van der Waals surface area contributed by atoms with Gasteiger partial charge >= 0.3 is 0 Å². The van der Waals surface area contributed by atoms with Crippen LogP contribution >= 0.6 is 22.6 Å². The number of nitro benzene ring substituents is 1. The van der Waals surface area contributed by atoms with Gasteiger partial charge in [-0.3, -0.25) is 10.1 Å². The number of nitro groups is 1. The zero-order chi connectivity index (χ0) is 12.8. The molecule has 0 bridgehead atoms. The molecule has 0 heterocycles. The minimum atomic E-state index is -0.437. The maximum absolute atomic E-state index is 10.7. The Morgan fingerprint density at radius 1 is 1.29 bits per heavy atom. The predicted molar refractivity (Wildman–Crippen MR) is 72.2 cm³/mol. The van der Waals surface area contributed by atoms with Crippen LogP contribution in [0.25, 0.3) is 0 Å². The fraction of sp³-hybridized carbons (Fsp3) is 0.400. The van der Waals surface area contributed by atoms with Crippen LogP contribution in [0.4, 0.5) is 11.4 Å². The number of anilines is 1. The van der Waals surface area contributed by atoms with Crippen molar-refractivity contribution in [1.82, 2.24) is 0 Å². The van der Waals surface area contributed by atoms with Gasteiger partial charge in [0.2, 0.25) is 0 Å². The quantitative estimate of drug-likeness (QED) is 0.453. The summed E-state index contributed by atoms with van der Waals surface area (Å²) in [5.74, 6) is 0. The summed E-state index contributed by atoms with van der Waals surface area (Å²) in [7, 11) is 0. The van der Waals surface area contributed by atoms with Crippen LogP contribution in [0.3, 0.4) is 0 Å². The smallest absolute Gasteiger partial charge is 0.282 e. The van der Waals surface area contributed by atoms with E-state index in [1.807, 2.05) is 22.6 Å². The summed E-state index contributed by atoms with van der Waals surface area (Å²) in [6.07, 6.45) is 0. The van der Waals surface area contributed by atoms with E-state index in [1.165, 1.54) is 6.07 Å². The zero-order valence-corrected chi connectivity index (χ0v) is 11.2. The van der Waals surface area contributed by atoms with Gasteiger partial charge in [-0.1, -0.05) is 0 Å². The van der Waals surface area contributed by atoms with Crippen molar-refractivity contribution in [2.45, 2.75) is 0 Å². The lowest BCUT2D eigenvalue weighted by Crippen LogP contribution is -2.29. The first-order chi connectivity index (χ1) is 8.10. The molecule has 0 aliphatic carbocycles. The molecule has 0 fully saturated rings. The van der Waals surface area contributed by atoms with Crippen LogP contribution in [0.1, 0.15) is 0 Å². The van der Waals surface area contributed by atoms with Gasteiger partial charge in [0, 0.05) is 24.8 Å². The predicted octanol–water partition coefficient (Wildman–Crippen LogP) is 0.990. The molecule has 0 radical (unpaired) electrons. The van der Waals surface area contributed by atoms with Gasteiger partial charge in [-0.05, 0) is 34.7 Å². The van der Waals surface area contributed by atoms with Gasteiger partial charge in [-0.15, -0.1) is 0 Å². The molecule has 1 aromatic rings. The fourth-order valence-electron chi connectivity index (χ4n) is 1.45. The highest BCUT2D eigenvalue weighted by atomic mass is 127. The van der Waals surface area contributed by atoms with Crippen molar-refractivity contribution in [1.29, 1.82) is 0 Å². The summed E-state index contributed by atoms with van der Waals surface area (Å²) in [5, 5.41) is 28.5. The molecule has 0 unspecified atom stereocenters. The van der Waals surface area contributed by atoms with Crippen molar-refractivity contribution in [3.05, 3.63) is 31.9 Å². The summed E-state index contributed by atoms with van der Waals surface area (Å²) in [6.45, 7) is 0.698. The number of hydrogen-bond donors (Lipinski definition) is 2. The van der Waals surface area contributed by atoms with Crippen LogP contribution < -0.4 is 4.90 Å². The summed E-state index contributed by atoms with van der Waals surface area (Å²) >= 11 is 1.90. The number of rotatable bonds is 6. The fourth-order valence-corrected chi connectivity index (χ4v) is 2.15. The molecule has 7 heteroatoms. The molecule has 1 aromatic carbocycles. The van der Waals surface area contributed by atoms with Crippen LogP contribution in [0, 0.1) is 13.7 Å². The Balaban J connectivity index is 2.97. The van der Waals surface area contributed by atoms with Gasteiger partial charge in [0.05, 0.1) is 21.7 Å². The van der Waals surface area contributed by atoms with Crippen molar-refractivity contribution in [2.75, 3.05) is 31.2 Å². The second-order valence-corrected chi connectivity index (χ2v) is 4.49. The van der Waals surface area contributed by atoms with Crippen LogP contribution in [0.5, 0.6) is 0 Å². The van der Waals surface area contributed by atoms with Gasteiger partial charge in [0.25, 0.3) is 5.69 Å². The largest absolute Gasteiger partial charge is 0.395 e. The number of aliphatic hydroxyl groups excluding tert-OH is 2. The Kier molecular flexibility index (Phi) is 5.59. The zero-order valence-electron chi connectivity index (χ0n) is 9.04. The topological polar surface area (TPSA) is 86.8 Å². The highest BCUT2D eigenvalue weighted by molar-refractivity contribution is 14.1. The molecule has 0 saturated carbocycles. The molecule has 0 aliphatic rings. The molecular formula is C10H13IN2O4. The van der Waals surface area contributed by atoms with Crippen LogP contribution in [0.15, 0.2) is 18.2 Å². The van der Waals surface area contributed by atoms with E-state index >= 15 is 0 Å². The molecule has 17 heavy (non-hydrogen) atoms. The average Bonchev–Trinajstić information content (AvgIpc) is 2.28. The molecule has 6 nitrogen and oxygen atoms in total. The first kappa shape index (κ1) is 14.1. The number of nitrogens with zero attached hydrogens (tertiary/aromatic N) is 2. The Labute approximate surface area is 112 Å². The van der Waals surface area contributed by atoms with E-state index in [-0.39, 0.29) is 18.9 Å². The second-order valence-electron chi connectivity index (χ2n) is 3.33. The van der Waals surface area contributed by atoms with E-state index in [9.17, 15) is 10.1 Å². The third-order valence-corrected chi connectivity index (χ3v) is 3.10. The molecule has 0 atom stereocenters. The maximum atomic E-state index is 10.7. The molecule has 0 amide bonds. The monoisotopic (exact) mass is 352 g/mol. The van der Waals surface area contributed by atoms with Gasteiger partial charge < -0.3 is 15.1 Å². The number of hydrogen-bond acceptors (Lipinski definition) is 5. The minimum Gasteiger partial charge on any atom is -0.395 e. The lowest BCUT2D eigenvalue weighted by atomic mass is 10.2. The van der Waals surface area contributed by atoms with Gasteiger partial charge in [0.15, 0.2) is 0 Å². The Morgan fingerprint density at radius 3 is 2.29 bits per heavy atom. The second kappa shape index (κ2) is 6.72. The molecule has 0 spiro atoms. The van der Waals surface area contributed by atoms with Gasteiger partial charge in [-0.2, -0.15) is 0 Å². The van der Waals surface area contributed by atoms with E-state index < -0.39 is 4.92 Å². The molecule has 1 rings (SSSR count). The van der Waals surface area contributed by atoms with E-state index in [2.05, 4.69) is 0 Å². The van der Waals surface area contributed by atoms with Crippen LogP contribution in [0.2, 0.25) is 0 Å². The standard InChI is InChI=1S/C10H13IN2O4/c11-9-7-8(1-2-10(9)13(16)17)12(3-5-14)4-6-15/h1-2,7,14-15H,3-6H2. The van der Waals surface area contributed by atoms with Crippen molar-refractivity contribution in [3.63, 3.8) is 0 Å². The molecule has 2 N–H and O–H groups in total. The molecule has 0 aromatic heterocycles. The lowest BCUT2D eigenvalue weighted by molar-refractivity contribution is -0.385. The number of halogens is 1. The van der Waals surface area contributed by atoms with Crippen LogP contribution in [-0.4, -0.2) is 41.4 Å². The first-order valence-electron chi connectivity index (χ1n) is 5.00. The van der Waals surface area contributed by atoms with E-state index in [1.54, 1.807) is 17.0 Å². The summed E-state index contributed by atoms with van der Waals surface area (Å²) in [5.41, 5.74) is 0.811. The molecule has 94 valence electrons. The average molecular weight is 352 g/mol. The first-order valence-corrected chi connectivity index (χ1v) is 6.08. The van der Waals surface area contributed by atoms with Crippen LogP contribution in [-0.2, 0) is 0 Å². The SMILES string of the molecule is O=[N+]([O-])c1ccc(N(CCO)CCO)cc1I. The van der Waals surface area contributed by atoms with Crippen molar-refractivity contribution in [2.24, 2.45) is 0 Å². The molecular weight excluding hydrogens is 339 g/mol. The molecule has 0 aliphatic heterocycles. The third kappa shape index (κ3) is 3.79. The lowest BCUT2D eigenvalue weighted by Gasteiger charge is -2.22. The van der Waals surface area contributed by atoms with E-state index in [4.69, 9.17) is 10.2 Å². The Morgan fingerprint density at radius 2 is 1.88 bits per heavy atom. The third-order valence-electron chi connectivity index (χ3n) is 2.23. The maximum Gasteiger partial charge on any atom is 0.282 e. The normalized spacial score (nSPS) is 10.3. The van der Waals surface area contributed by atoms with Crippen molar-refractivity contribution < 1.29 is 15.1 Å². The van der Waals surface area contributed by atoms with Crippen molar-refractivity contribution >= 4 is 34.0 Å². The van der Waals surface area contributed by atoms with Crippen molar-refractivity contribution in [3.8, 4) is 0 Å². The van der Waals surface area contributed by atoms with E-state index in [0.717, 1.165) is 5.69 Å². The highest BCUT2D eigenvalue weighted by Crippen LogP contribution is 2.26. The van der Waals surface area contributed by atoms with Gasteiger partial charge in [-0.25, -0.2) is 0 Å². The van der Waals surface area contributed by atoms with Gasteiger partial charge in [0.1, 0.15) is 0 Å². The molecule has 0 saturated heterocycles. The minimum absolute atomic E-state index is 0.0342. The Hall–Kier alpha value is -0.930. The summed E-state index contributed by atoms with van der Waals surface area (Å²) in [4.78, 5) is 12.0. The summed E-state index contributed by atoms with van der Waals surface area (Å²) < 4.78 is 0.533. The van der Waals surface area contributed by atoms with E-state index in [0.29, 0.717) is 16.7 Å². The highest BCUT2D eigenvalue weighted by Gasteiger charge is 2.14. The summed E-state index contributed by atoms with van der Waals surface area (Å²) in [6, 6.07) is 4.72. The number of benzene rings is 1. The Bertz CT molecular complexity index is 394. The number of aliphatic hydroxyl groups is 2.